The highest BCUT2D eigenvalue weighted by Crippen LogP contribution is 2.32. The monoisotopic (exact) mass is 403 g/mol. The minimum absolute atomic E-state index is 0. The first-order valence-corrected chi connectivity index (χ1v) is 8.83. The van der Waals surface area contributed by atoms with Crippen LogP contribution in [0.5, 0.6) is 5.75 Å². The molecule has 3 N–H and O–H groups in total. The first kappa shape index (κ1) is 20.5. The Morgan fingerprint density at radius 3 is 2.62 bits per heavy atom. The number of rotatable bonds is 5. The van der Waals surface area contributed by atoms with Crippen molar-refractivity contribution in [2.45, 2.75) is 38.8 Å². The number of anilines is 1. The van der Waals surface area contributed by atoms with Gasteiger partial charge in [-0.2, -0.15) is 8.78 Å². The highest BCUT2D eigenvalue weighted by atomic mass is 35.5. The number of thiazole rings is 1. The molecule has 0 radical (unpaired) electrons. The predicted octanol–water partition coefficient (Wildman–Crippen LogP) is 4.21. The van der Waals surface area contributed by atoms with Crippen LogP contribution in [0.15, 0.2) is 24.3 Å². The van der Waals surface area contributed by atoms with E-state index in [1.807, 2.05) is 6.92 Å². The van der Waals surface area contributed by atoms with Gasteiger partial charge in [-0.1, -0.05) is 0 Å². The van der Waals surface area contributed by atoms with Crippen molar-refractivity contribution in [1.29, 1.82) is 0 Å². The van der Waals surface area contributed by atoms with Crippen LogP contribution in [0.3, 0.4) is 0 Å². The Labute approximate surface area is 160 Å². The van der Waals surface area contributed by atoms with Crippen LogP contribution in [-0.4, -0.2) is 23.5 Å². The van der Waals surface area contributed by atoms with Gasteiger partial charge in [-0.25, -0.2) is 4.98 Å². The van der Waals surface area contributed by atoms with Crippen molar-refractivity contribution in [2.75, 3.05) is 5.32 Å². The van der Waals surface area contributed by atoms with Crippen molar-refractivity contribution in [3.8, 4) is 17.0 Å². The molecule has 1 aliphatic rings. The number of nitrogens with one attached hydrogen (secondary N) is 1. The van der Waals surface area contributed by atoms with Crippen LogP contribution >= 0.6 is 23.7 Å². The first-order chi connectivity index (χ1) is 11.9. The predicted molar refractivity (Wildman–Crippen MR) is 100 cm³/mol. The largest absolute Gasteiger partial charge is 0.435 e. The summed E-state index contributed by atoms with van der Waals surface area (Å²) in [6, 6.07) is 6.37. The molecule has 1 heterocycles. The molecule has 2 unspecified atom stereocenters. The summed E-state index contributed by atoms with van der Waals surface area (Å²) in [6.07, 6.45) is 2.37. The zero-order chi connectivity index (χ0) is 18.0. The Kier molecular flexibility index (Phi) is 6.91. The second-order valence-corrected chi connectivity index (χ2v) is 7.29. The van der Waals surface area contributed by atoms with Crippen LogP contribution in [0.25, 0.3) is 11.3 Å². The molecule has 1 aromatic carbocycles. The SMILES string of the molecule is Cc1sc(NC(=O)C2CCC(N)C2)nc1-c1ccc(OC(F)F)cc1.Cl. The van der Waals surface area contributed by atoms with Crippen molar-refractivity contribution in [2.24, 2.45) is 11.7 Å². The number of carbonyl (C=O) groups excluding carboxylic acids is 1. The second-order valence-electron chi connectivity index (χ2n) is 6.09. The second kappa shape index (κ2) is 8.75. The zero-order valence-corrected chi connectivity index (χ0v) is 15.7. The quantitative estimate of drug-likeness (QED) is 0.784. The number of hydrogen-bond donors (Lipinski definition) is 2. The van der Waals surface area contributed by atoms with Gasteiger partial charge in [0.2, 0.25) is 5.91 Å². The normalized spacial score (nSPS) is 19.3. The van der Waals surface area contributed by atoms with Gasteiger partial charge >= 0.3 is 6.61 Å². The van der Waals surface area contributed by atoms with Crippen LogP contribution in [0.2, 0.25) is 0 Å². The Bertz CT molecular complexity index is 755. The molecule has 0 aliphatic heterocycles. The van der Waals surface area contributed by atoms with Crippen LogP contribution in [0.1, 0.15) is 24.1 Å². The van der Waals surface area contributed by atoms with Gasteiger partial charge in [0.05, 0.1) is 5.69 Å². The van der Waals surface area contributed by atoms with Gasteiger partial charge in [0.15, 0.2) is 5.13 Å². The van der Waals surface area contributed by atoms with E-state index in [9.17, 15) is 13.6 Å². The summed E-state index contributed by atoms with van der Waals surface area (Å²) in [5.74, 6) is -0.0138. The van der Waals surface area contributed by atoms with Crippen molar-refractivity contribution in [1.82, 2.24) is 4.98 Å². The van der Waals surface area contributed by atoms with E-state index in [0.717, 1.165) is 23.3 Å². The fraction of sp³-hybridized carbons (Fsp3) is 0.412. The molecule has 5 nitrogen and oxygen atoms in total. The maximum absolute atomic E-state index is 12.3. The maximum Gasteiger partial charge on any atom is 0.387 e. The number of carbonyl (C=O) groups is 1. The molecule has 1 aromatic heterocycles. The smallest absolute Gasteiger partial charge is 0.387 e. The molecule has 0 saturated heterocycles. The summed E-state index contributed by atoms with van der Waals surface area (Å²) in [5.41, 5.74) is 7.34. The summed E-state index contributed by atoms with van der Waals surface area (Å²) in [7, 11) is 0. The Hall–Kier alpha value is -1.77. The van der Waals surface area contributed by atoms with E-state index in [1.54, 1.807) is 12.1 Å². The zero-order valence-electron chi connectivity index (χ0n) is 14.1. The molecule has 1 amide bonds. The molecule has 2 aromatic rings. The van der Waals surface area contributed by atoms with E-state index in [2.05, 4.69) is 15.0 Å². The number of aryl methyl sites for hydroxylation is 1. The molecule has 9 heteroatoms. The highest BCUT2D eigenvalue weighted by molar-refractivity contribution is 7.16. The Morgan fingerprint density at radius 2 is 2.04 bits per heavy atom. The molecular weight excluding hydrogens is 384 g/mol. The molecule has 26 heavy (non-hydrogen) atoms. The van der Waals surface area contributed by atoms with E-state index < -0.39 is 6.61 Å². The fourth-order valence-electron chi connectivity index (χ4n) is 2.97. The van der Waals surface area contributed by atoms with Gasteiger partial charge in [-0.05, 0) is 50.5 Å². The van der Waals surface area contributed by atoms with E-state index in [1.165, 1.54) is 23.5 Å². The van der Waals surface area contributed by atoms with Crippen LogP contribution < -0.4 is 15.8 Å². The fourth-order valence-corrected chi connectivity index (χ4v) is 3.81. The van der Waals surface area contributed by atoms with Gasteiger partial charge in [0.1, 0.15) is 5.75 Å². The minimum atomic E-state index is -2.85. The lowest BCUT2D eigenvalue weighted by Crippen LogP contribution is -2.23. The molecular formula is C17H20ClF2N3O2S. The van der Waals surface area contributed by atoms with E-state index in [-0.39, 0.29) is 36.0 Å². The third-order valence-electron chi connectivity index (χ3n) is 4.22. The average Bonchev–Trinajstić information content (AvgIpc) is 3.13. The van der Waals surface area contributed by atoms with Gasteiger partial charge in [0.25, 0.3) is 0 Å². The van der Waals surface area contributed by atoms with E-state index >= 15 is 0 Å². The van der Waals surface area contributed by atoms with Gasteiger partial charge in [-0.3, -0.25) is 4.79 Å². The standard InChI is InChI=1S/C17H19F2N3O2S.ClH/c1-9-14(10-3-6-13(7-4-10)24-16(18)19)21-17(25-9)22-15(23)11-2-5-12(20)8-11;/h3-4,6-7,11-12,16H,2,5,8,20H2,1H3,(H,21,22,23);1H. The van der Waals surface area contributed by atoms with Crippen molar-refractivity contribution in [3.63, 3.8) is 0 Å². The first-order valence-electron chi connectivity index (χ1n) is 8.01. The number of halogens is 3. The van der Waals surface area contributed by atoms with Crippen molar-refractivity contribution >= 4 is 34.8 Å². The Balaban J connectivity index is 0.00000243. The van der Waals surface area contributed by atoms with Crippen molar-refractivity contribution in [3.05, 3.63) is 29.1 Å². The van der Waals surface area contributed by atoms with Crippen molar-refractivity contribution < 1.29 is 18.3 Å². The van der Waals surface area contributed by atoms with Crippen LogP contribution in [0, 0.1) is 12.8 Å². The molecule has 2 atom stereocenters. The third-order valence-corrected chi connectivity index (χ3v) is 5.11. The summed E-state index contributed by atoms with van der Waals surface area (Å²) >= 11 is 1.39. The molecule has 142 valence electrons. The summed E-state index contributed by atoms with van der Waals surface area (Å²) in [4.78, 5) is 17.7. The molecule has 1 aliphatic carbocycles. The summed E-state index contributed by atoms with van der Waals surface area (Å²) < 4.78 is 28.7. The summed E-state index contributed by atoms with van der Waals surface area (Å²) in [6.45, 7) is -0.949. The number of nitrogens with two attached hydrogens (primary N) is 1. The maximum atomic E-state index is 12.3. The minimum Gasteiger partial charge on any atom is -0.435 e. The van der Waals surface area contributed by atoms with Gasteiger partial charge in [0, 0.05) is 22.4 Å². The molecule has 1 fully saturated rings. The lowest BCUT2D eigenvalue weighted by molar-refractivity contribution is -0.119. The topological polar surface area (TPSA) is 77.2 Å². The summed E-state index contributed by atoms with van der Waals surface area (Å²) in [5, 5.41) is 3.40. The number of nitrogens with zero attached hydrogens (tertiary/aromatic N) is 1. The number of benzene rings is 1. The average molecular weight is 404 g/mol. The molecule has 0 bridgehead atoms. The van der Waals surface area contributed by atoms with Gasteiger partial charge < -0.3 is 15.8 Å². The van der Waals surface area contributed by atoms with Crippen LogP contribution in [-0.2, 0) is 4.79 Å². The molecule has 0 spiro atoms. The number of amides is 1. The number of aromatic nitrogens is 1. The van der Waals surface area contributed by atoms with Crippen LogP contribution in [0.4, 0.5) is 13.9 Å². The highest BCUT2D eigenvalue weighted by Gasteiger charge is 2.28. The Morgan fingerprint density at radius 1 is 1.35 bits per heavy atom. The molecule has 3 rings (SSSR count). The number of alkyl halides is 2. The number of ether oxygens (including phenoxy) is 1. The lowest BCUT2D eigenvalue weighted by Gasteiger charge is -2.08. The molecule has 1 saturated carbocycles. The number of hydrogen-bond acceptors (Lipinski definition) is 5. The van der Waals surface area contributed by atoms with E-state index in [4.69, 9.17) is 5.73 Å². The third kappa shape index (κ3) is 4.90. The lowest BCUT2D eigenvalue weighted by atomic mass is 10.1. The van der Waals surface area contributed by atoms with E-state index in [0.29, 0.717) is 17.2 Å². The van der Waals surface area contributed by atoms with Gasteiger partial charge in [-0.15, -0.1) is 23.7 Å².